The fraction of sp³-hybridized carbons (Fsp3) is 0.933. The highest BCUT2D eigenvalue weighted by molar-refractivity contribution is 5.81. The number of hydrogen-bond acceptors (Lipinski definition) is 2. The van der Waals surface area contributed by atoms with Crippen molar-refractivity contribution in [1.82, 2.24) is 10.6 Å². The predicted molar refractivity (Wildman–Crippen MR) is 76.5 cm³/mol. The lowest BCUT2D eigenvalue weighted by Gasteiger charge is -2.31. The first kappa shape index (κ1) is 15.5. The maximum absolute atomic E-state index is 12.1. The standard InChI is InChI=1S/C15H30N2O/c1-11(16-12(2)15(3,4)5)14(18)17-13-9-7-6-8-10-13/h11-13,16H,6-10H2,1-5H3,(H,17,18). The molecule has 0 radical (unpaired) electrons. The maximum atomic E-state index is 12.1. The topological polar surface area (TPSA) is 41.1 Å². The van der Waals surface area contributed by atoms with Crippen LogP contribution in [0.15, 0.2) is 0 Å². The van der Waals surface area contributed by atoms with Crippen molar-refractivity contribution in [1.29, 1.82) is 0 Å². The molecule has 0 aromatic carbocycles. The lowest BCUT2D eigenvalue weighted by molar-refractivity contribution is -0.124. The predicted octanol–water partition coefficient (Wildman–Crippen LogP) is 2.85. The third-order valence-corrected chi connectivity index (χ3v) is 4.14. The van der Waals surface area contributed by atoms with Crippen LogP contribution in [0, 0.1) is 5.41 Å². The van der Waals surface area contributed by atoms with E-state index in [0.29, 0.717) is 12.1 Å². The number of carbonyl (C=O) groups excluding carboxylic acids is 1. The normalized spacial score (nSPS) is 21.4. The minimum Gasteiger partial charge on any atom is -0.352 e. The van der Waals surface area contributed by atoms with E-state index in [4.69, 9.17) is 0 Å². The molecule has 106 valence electrons. The number of amides is 1. The van der Waals surface area contributed by atoms with Crippen molar-refractivity contribution in [3.8, 4) is 0 Å². The van der Waals surface area contributed by atoms with Crippen LogP contribution < -0.4 is 10.6 Å². The first-order chi connectivity index (χ1) is 8.30. The Bertz CT molecular complexity index is 264. The summed E-state index contributed by atoms with van der Waals surface area (Å²) in [7, 11) is 0. The average Bonchev–Trinajstić information content (AvgIpc) is 2.28. The molecule has 0 saturated heterocycles. The van der Waals surface area contributed by atoms with E-state index in [1.807, 2.05) is 6.92 Å². The molecule has 0 aliphatic heterocycles. The van der Waals surface area contributed by atoms with Gasteiger partial charge in [0.2, 0.25) is 5.91 Å². The lowest BCUT2D eigenvalue weighted by atomic mass is 9.87. The van der Waals surface area contributed by atoms with E-state index in [9.17, 15) is 4.79 Å². The SMILES string of the molecule is CC(NC(C)C(C)(C)C)C(=O)NC1CCCCC1. The highest BCUT2D eigenvalue weighted by atomic mass is 16.2. The maximum Gasteiger partial charge on any atom is 0.237 e. The minimum atomic E-state index is -0.110. The first-order valence-electron chi connectivity index (χ1n) is 7.37. The molecule has 0 bridgehead atoms. The summed E-state index contributed by atoms with van der Waals surface area (Å²) in [6.07, 6.45) is 6.12. The molecule has 3 heteroatoms. The molecule has 18 heavy (non-hydrogen) atoms. The van der Waals surface area contributed by atoms with Crippen LogP contribution in [0.4, 0.5) is 0 Å². The van der Waals surface area contributed by atoms with E-state index in [1.54, 1.807) is 0 Å². The van der Waals surface area contributed by atoms with Gasteiger partial charge >= 0.3 is 0 Å². The molecule has 0 heterocycles. The van der Waals surface area contributed by atoms with E-state index in [2.05, 4.69) is 38.3 Å². The fourth-order valence-electron chi connectivity index (χ4n) is 2.27. The molecule has 3 nitrogen and oxygen atoms in total. The molecule has 0 aromatic heterocycles. The summed E-state index contributed by atoms with van der Waals surface area (Å²) in [4.78, 5) is 12.1. The van der Waals surface area contributed by atoms with Gasteiger partial charge in [0.05, 0.1) is 6.04 Å². The molecule has 2 N–H and O–H groups in total. The van der Waals surface area contributed by atoms with Gasteiger partial charge in [-0.25, -0.2) is 0 Å². The van der Waals surface area contributed by atoms with Gasteiger partial charge in [0.25, 0.3) is 0 Å². The van der Waals surface area contributed by atoms with Gasteiger partial charge in [-0.15, -0.1) is 0 Å². The van der Waals surface area contributed by atoms with Crippen LogP contribution in [-0.2, 0) is 4.79 Å². The quantitative estimate of drug-likeness (QED) is 0.810. The fourth-order valence-corrected chi connectivity index (χ4v) is 2.27. The summed E-state index contributed by atoms with van der Waals surface area (Å²) in [5.74, 6) is 0.151. The molecule has 1 aliphatic carbocycles. The summed E-state index contributed by atoms with van der Waals surface area (Å²) in [6.45, 7) is 10.7. The van der Waals surface area contributed by atoms with Gasteiger partial charge < -0.3 is 10.6 Å². The summed E-state index contributed by atoms with van der Waals surface area (Å²) in [6, 6.07) is 0.617. The Morgan fingerprint density at radius 3 is 2.17 bits per heavy atom. The largest absolute Gasteiger partial charge is 0.352 e. The molecule has 0 spiro atoms. The van der Waals surface area contributed by atoms with Crippen LogP contribution >= 0.6 is 0 Å². The number of rotatable bonds is 4. The zero-order chi connectivity index (χ0) is 13.8. The van der Waals surface area contributed by atoms with Crippen LogP contribution in [0.25, 0.3) is 0 Å². The zero-order valence-electron chi connectivity index (χ0n) is 12.7. The monoisotopic (exact) mass is 254 g/mol. The van der Waals surface area contributed by atoms with Gasteiger partial charge in [0.15, 0.2) is 0 Å². The Morgan fingerprint density at radius 2 is 1.67 bits per heavy atom. The van der Waals surface area contributed by atoms with Gasteiger partial charge in [-0.1, -0.05) is 40.0 Å². The second-order valence-electron chi connectivity index (χ2n) is 6.82. The van der Waals surface area contributed by atoms with Crippen molar-refractivity contribution in [3.05, 3.63) is 0 Å². The molecule has 1 aliphatic rings. The molecule has 1 amide bonds. The van der Waals surface area contributed by atoms with Crippen molar-refractivity contribution in [2.24, 2.45) is 5.41 Å². The van der Waals surface area contributed by atoms with Gasteiger partial charge in [0.1, 0.15) is 0 Å². The molecule has 1 rings (SSSR count). The Labute approximate surface area is 112 Å². The van der Waals surface area contributed by atoms with Crippen molar-refractivity contribution in [3.63, 3.8) is 0 Å². The highest BCUT2D eigenvalue weighted by Crippen LogP contribution is 2.19. The molecular formula is C15H30N2O. The number of hydrogen-bond donors (Lipinski definition) is 2. The van der Waals surface area contributed by atoms with Crippen molar-refractivity contribution in [2.45, 2.75) is 84.8 Å². The van der Waals surface area contributed by atoms with Gasteiger partial charge in [0, 0.05) is 12.1 Å². The molecule has 0 aromatic rings. The highest BCUT2D eigenvalue weighted by Gasteiger charge is 2.25. The third kappa shape index (κ3) is 4.97. The second kappa shape index (κ2) is 6.55. The zero-order valence-corrected chi connectivity index (χ0v) is 12.7. The van der Waals surface area contributed by atoms with Gasteiger partial charge in [-0.3, -0.25) is 4.79 Å². The van der Waals surface area contributed by atoms with Crippen molar-refractivity contribution in [2.75, 3.05) is 0 Å². The van der Waals surface area contributed by atoms with E-state index in [0.717, 1.165) is 12.8 Å². The molecule has 2 atom stereocenters. The van der Waals surface area contributed by atoms with Crippen LogP contribution in [0.5, 0.6) is 0 Å². The summed E-state index contributed by atoms with van der Waals surface area (Å²) in [5, 5.41) is 6.57. The van der Waals surface area contributed by atoms with Gasteiger partial charge in [-0.05, 0) is 32.1 Å². The molecule has 2 unspecified atom stereocenters. The Kier molecular flexibility index (Phi) is 5.64. The molecule has 1 fully saturated rings. The van der Waals surface area contributed by atoms with Gasteiger partial charge in [-0.2, -0.15) is 0 Å². The van der Waals surface area contributed by atoms with Crippen LogP contribution in [0.3, 0.4) is 0 Å². The lowest BCUT2D eigenvalue weighted by Crippen LogP contribution is -2.51. The first-order valence-corrected chi connectivity index (χ1v) is 7.37. The summed E-state index contributed by atoms with van der Waals surface area (Å²) < 4.78 is 0. The smallest absolute Gasteiger partial charge is 0.237 e. The van der Waals surface area contributed by atoms with Crippen molar-refractivity contribution < 1.29 is 4.79 Å². The number of nitrogens with one attached hydrogen (secondary N) is 2. The third-order valence-electron chi connectivity index (χ3n) is 4.14. The Balaban J connectivity index is 2.36. The summed E-state index contributed by atoms with van der Waals surface area (Å²) >= 11 is 0. The van der Waals surface area contributed by atoms with E-state index in [1.165, 1.54) is 19.3 Å². The average molecular weight is 254 g/mol. The van der Waals surface area contributed by atoms with Crippen LogP contribution in [0.1, 0.15) is 66.7 Å². The van der Waals surface area contributed by atoms with Crippen LogP contribution in [0.2, 0.25) is 0 Å². The Hall–Kier alpha value is -0.570. The summed E-state index contributed by atoms with van der Waals surface area (Å²) in [5.41, 5.74) is 0.180. The van der Waals surface area contributed by atoms with E-state index < -0.39 is 0 Å². The Morgan fingerprint density at radius 1 is 1.11 bits per heavy atom. The molecule has 1 saturated carbocycles. The number of carbonyl (C=O) groups is 1. The molecular weight excluding hydrogens is 224 g/mol. The van der Waals surface area contributed by atoms with Crippen molar-refractivity contribution >= 4 is 5.91 Å². The van der Waals surface area contributed by atoms with E-state index in [-0.39, 0.29) is 17.4 Å². The van der Waals surface area contributed by atoms with Crippen LogP contribution in [-0.4, -0.2) is 24.0 Å². The van der Waals surface area contributed by atoms with E-state index >= 15 is 0 Å². The minimum absolute atomic E-state index is 0.110. The second-order valence-corrected chi connectivity index (χ2v) is 6.82.